The van der Waals surface area contributed by atoms with Gasteiger partial charge in [0.2, 0.25) is 5.91 Å². The molecule has 1 aromatic carbocycles. The van der Waals surface area contributed by atoms with Crippen LogP contribution in [0.15, 0.2) is 48.8 Å². The number of amides is 2. The largest absolute Gasteiger partial charge is 0.364 e. The molecule has 33 heavy (non-hydrogen) atoms. The molecule has 8 nitrogen and oxygen atoms in total. The highest BCUT2D eigenvalue weighted by atomic mass is 19.1. The summed E-state index contributed by atoms with van der Waals surface area (Å²) in [7, 11) is 0. The minimum absolute atomic E-state index is 0.0175. The number of pyridine rings is 1. The molecular weight excluding hydrogens is 425 g/mol. The normalized spacial score (nSPS) is 24.2. The topological polar surface area (TPSA) is 111 Å². The standard InChI is InChI=1S/C24H24FN5O3/c25-16-10-20(21(31)9-15-8-17(15)14-4-2-1-3-5-14)29(12-16)22(32)13-30-19-6-7-27-11-18(19)23(28-30)24(26)33/h1-7,11,15-17,20H,8-10,12-13H2,(H2,26,33)/t15-,16+,17-,20-/m0/s1. The molecule has 2 fully saturated rings. The highest BCUT2D eigenvalue weighted by Gasteiger charge is 2.44. The van der Waals surface area contributed by atoms with Crippen LogP contribution in [0.3, 0.4) is 0 Å². The van der Waals surface area contributed by atoms with Crippen LogP contribution in [0.1, 0.15) is 41.2 Å². The van der Waals surface area contributed by atoms with Gasteiger partial charge in [0, 0.05) is 25.2 Å². The van der Waals surface area contributed by atoms with Crippen molar-refractivity contribution in [3.05, 3.63) is 60.0 Å². The number of fused-ring (bicyclic) bond motifs is 1. The molecule has 170 valence electrons. The van der Waals surface area contributed by atoms with Crippen LogP contribution in [0, 0.1) is 5.92 Å². The number of carbonyl (C=O) groups is 3. The molecule has 9 heteroatoms. The molecule has 2 N–H and O–H groups in total. The lowest BCUT2D eigenvalue weighted by molar-refractivity contribution is -0.138. The second-order valence-corrected chi connectivity index (χ2v) is 8.84. The molecule has 3 aromatic rings. The van der Waals surface area contributed by atoms with E-state index in [1.807, 2.05) is 18.2 Å². The Balaban J connectivity index is 1.29. The number of benzene rings is 1. The fraction of sp³-hybridized carbons (Fsp3) is 0.375. The summed E-state index contributed by atoms with van der Waals surface area (Å²) < 4.78 is 15.7. The van der Waals surface area contributed by atoms with Crippen LogP contribution in [0.25, 0.3) is 10.9 Å². The molecule has 5 rings (SSSR count). The predicted octanol–water partition coefficient (Wildman–Crippen LogP) is 2.23. The number of Topliss-reactive ketones (excluding diaryl/α,β-unsaturated/α-hetero) is 1. The fourth-order valence-corrected chi connectivity index (χ4v) is 4.89. The number of likely N-dealkylation sites (tertiary alicyclic amines) is 1. The van der Waals surface area contributed by atoms with E-state index in [-0.39, 0.29) is 36.9 Å². The number of hydrogen-bond donors (Lipinski definition) is 1. The van der Waals surface area contributed by atoms with Crippen LogP contribution >= 0.6 is 0 Å². The minimum Gasteiger partial charge on any atom is -0.364 e. The average molecular weight is 449 g/mol. The summed E-state index contributed by atoms with van der Waals surface area (Å²) in [6, 6.07) is 10.9. The first-order valence-corrected chi connectivity index (χ1v) is 11.0. The molecular formula is C24H24FN5O3. The zero-order valence-corrected chi connectivity index (χ0v) is 17.9. The first kappa shape index (κ1) is 21.2. The number of aromatic nitrogens is 3. The molecule has 1 saturated carbocycles. The van der Waals surface area contributed by atoms with E-state index < -0.39 is 24.0 Å². The second kappa shape index (κ2) is 8.38. The van der Waals surface area contributed by atoms with Crippen molar-refractivity contribution in [3.8, 4) is 0 Å². The number of ketones is 1. The summed E-state index contributed by atoms with van der Waals surface area (Å²) in [5.41, 5.74) is 7.15. The first-order valence-electron chi connectivity index (χ1n) is 11.0. The Kier molecular flexibility index (Phi) is 5.39. The number of rotatable bonds is 7. The highest BCUT2D eigenvalue weighted by molar-refractivity contribution is 6.04. The molecule has 2 amide bonds. The van der Waals surface area contributed by atoms with Crippen molar-refractivity contribution in [2.45, 2.75) is 43.9 Å². The van der Waals surface area contributed by atoms with E-state index in [0.717, 1.165) is 6.42 Å². The monoisotopic (exact) mass is 449 g/mol. The van der Waals surface area contributed by atoms with Gasteiger partial charge in [0.05, 0.1) is 23.5 Å². The third kappa shape index (κ3) is 4.10. The lowest BCUT2D eigenvalue weighted by atomic mass is 10.0. The van der Waals surface area contributed by atoms with Gasteiger partial charge in [-0.05, 0) is 29.9 Å². The van der Waals surface area contributed by atoms with Gasteiger partial charge < -0.3 is 10.6 Å². The number of alkyl halides is 1. The van der Waals surface area contributed by atoms with Crippen molar-refractivity contribution in [2.24, 2.45) is 11.7 Å². The van der Waals surface area contributed by atoms with E-state index in [4.69, 9.17) is 5.73 Å². The number of nitrogens with two attached hydrogens (primary N) is 1. The fourth-order valence-electron chi connectivity index (χ4n) is 4.89. The number of halogens is 1. The van der Waals surface area contributed by atoms with Crippen molar-refractivity contribution in [2.75, 3.05) is 6.54 Å². The molecule has 4 atom stereocenters. The smallest absolute Gasteiger partial charge is 0.269 e. The van der Waals surface area contributed by atoms with E-state index in [1.165, 1.54) is 27.5 Å². The zero-order valence-electron chi connectivity index (χ0n) is 17.9. The molecule has 1 saturated heterocycles. The summed E-state index contributed by atoms with van der Waals surface area (Å²) >= 11 is 0. The number of carbonyl (C=O) groups excluding carboxylic acids is 3. The van der Waals surface area contributed by atoms with Gasteiger partial charge in [0.1, 0.15) is 12.7 Å². The maximum absolute atomic E-state index is 14.3. The molecule has 2 aromatic heterocycles. The van der Waals surface area contributed by atoms with Gasteiger partial charge in [0.25, 0.3) is 5.91 Å². The Morgan fingerprint density at radius 2 is 1.91 bits per heavy atom. The van der Waals surface area contributed by atoms with Gasteiger partial charge >= 0.3 is 0 Å². The van der Waals surface area contributed by atoms with E-state index in [9.17, 15) is 18.8 Å². The molecule has 1 aliphatic carbocycles. The average Bonchev–Trinajstić information content (AvgIpc) is 3.30. The van der Waals surface area contributed by atoms with Crippen molar-refractivity contribution >= 4 is 28.5 Å². The molecule has 2 aliphatic rings. The summed E-state index contributed by atoms with van der Waals surface area (Å²) in [4.78, 5) is 43.2. The Bertz CT molecular complexity index is 1230. The van der Waals surface area contributed by atoms with E-state index in [1.54, 1.807) is 6.07 Å². The van der Waals surface area contributed by atoms with Crippen molar-refractivity contribution in [3.63, 3.8) is 0 Å². The SMILES string of the molecule is NC(=O)c1nn(CC(=O)N2C[C@H](F)C[C@H]2C(=O)C[C@@H]2C[C@H]2c2ccccc2)c2ccncc12. The summed E-state index contributed by atoms with van der Waals surface area (Å²) in [6.07, 6.45) is 3.02. The highest BCUT2D eigenvalue weighted by Crippen LogP contribution is 2.50. The third-order valence-corrected chi connectivity index (χ3v) is 6.63. The lowest BCUT2D eigenvalue weighted by Crippen LogP contribution is -2.42. The molecule has 0 unspecified atom stereocenters. The van der Waals surface area contributed by atoms with Crippen LogP contribution in [0.2, 0.25) is 0 Å². The van der Waals surface area contributed by atoms with Crippen LogP contribution in [0.5, 0.6) is 0 Å². The third-order valence-electron chi connectivity index (χ3n) is 6.63. The quantitative estimate of drug-likeness (QED) is 0.595. The van der Waals surface area contributed by atoms with Gasteiger partial charge in [-0.25, -0.2) is 4.39 Å². The van der Waals surface area contributed by atoms with Crippen LogP contribution in [0.4, 0.5) is 4.39 Å². The first-order chi connectivity index (χ1) is 15.9. The Hall–Kier alpha value is -3.62. The number of hydrogen-bond acceptors (Lipinski definition) is 5. The summed E-state index contributed by atoms with van der Waals surface area (Å²) in [6.45, 7) is -0.341. The molecule has 0 spiro atoms. The zero-order chi connectivity index (χ0) is 23.1. The van der Waals surface area contributed by atoms with Gasteiger partial charge in [-0.3, -0.25) is 24.0 Å². The lowest BCUT2D eigenvalue weighted by Gasteiger charge is -2.23. The van der Waals surface area contributed by atoms with E-state index >= 15 is 0 Å². The molecule has 1 aliphatic heterocycles. The maximum Gasteiger partial charge on any atom is 0.269 e. The van der Waals surface area contributed by atoms with E-state index in [2.05, 4.69) is 22.2 Å². The Morgan fingerprint density at radius 3 is 2.67 bits per heavy atom. The predicted molar refractivity (Wildman–Crippen MR) is 118 cm³/mol. The Morgan fingerprint density at radius 1 is 1.12 bits per heavy atom. The van der Waals surface area contributed by atoms with E-state index in [0.29, 0.717) is 23.2 Å². The summed E-state index contributed by atoms with van der Waals surface area (Å²) in [5.74, 6) is -0.663. The number of nitrogens with zero attached hydrogens (tertiary/aromatic N) is 4. The van der Waals surface area contributed by atoms with Gasteiger partial charge in [-0.1, -0.05) is 30.3 Å². The van der Waals surface area contributed by atoms with Crippen LogP contribution in [-0.4, -0.2) is 56.0 Å². The Labute approximate surface area is 189 Å². The van der Waals surface area contributed by atoms with Crippen LogP contribution < -0.4 is 5.73 Å². The van der Waals surface area contributed by atoms with Gasteiger partial charge in [-0.2, -0.15) is 5.10 Å². The van der Waals surface area contributed by atoms with Crippen molar-refractivity contribution in [1.29, 1.82) is 0 Å². The van der Waals surface area contributed by atoms with Crippen molar-refractivity contribution < 1.29 is 18.8 Å². The summed E-state index contributed by atoms with van der Waals surface area (Å²) in [5, 5.41) is 4.61. The molecule has 0 bridgehead atoms. The molecule has 0 radical (unpaired) electrons. The van der Waals surface area contributed by atoms with Crippen molar-refractivity contribution in [1.82, 2.24) is 19.7 Å². The second-order valence-electron chi connectivity index (χ2n) is 8.84. The van der Waals surface area contributed by atoms with Gasteiger partial charge in [-0.15, -0.1) is 0 Å². The van der Waals surface area contributed by atoms with Gasteiger partial charge in [0.15, 0.2) is 11.5 Å². The number of primary amides is 1. The minimum atomic E-state index is -1.24. The van der Waals surface area contributed by atoms with Crippen LogP contribution in [-0.2, 0) is 16.1 Å². The molecule has 3 heterocycles. The maximum atomic E-state index is 14.3.